The lowest BCUT2D eigenvalue weighted by Crippen LogP contribution is -2.20. The third-order valence-electron chi connectivity index (χ3n) is 6.11. The van der Waals surface area contributed by atoms with E-state index in [1.807, 2.05) is 22.6 Å². The molecule has 0 amide bonds. The molecule has 41 heavy (non-hydrogen) atoms. The number of alkyl halides is 3. The highest BCUT2D eigenvalue weighted by atomic mass is 127. The van der Waals surface area contributed by atoms with Crippen molar-refractivity contribution in [2.24, 2.45) is 5.10 Å². The molecule has 0 aliphatic heterocycles. The Balaban J connectivity index is 1.56. The van der Waals surface area contributed by atoms with E-state index in [-0.39, 0.29) is 23.4 Å². The highest BCUT2D eigenvalue weighted by Gasteiger charge is 2.31. The summed E-state index contributed by atoms with van der Waals surface area (Å²) in [6.45, 7) is -0.0228. The van der Waals surface area contributed by atoms with Gasteiger partial charge in [-0.25, -0.2) is 9.37 Å². The second-order valence-electron chi connectivity index (χ2n) is 8.81. The second kappa shape index (κ2) is 11.7. The van der Waals surface area contributed by atoms with Gasteiger partial charge in [0.15, 0.2) is 17.3 Å². The van der Waals surface area contributed by atoms with E-state index in [9.17, 15) is 22.4 Å². The monoisotopic (exact) mass is 673 g/mol. The molecule has 1 aromatic heterocycles. The summed E-state index contributed by atoms with van der Waals surface area (Å²) in [5, 5.41) is 4.59. The first-order valence-corrected chi connectivity index (χ1v) is 13.2. The highest BCUT2D eigenvalue weighted by molar-refractivity contribution is 14.1. The van der Waals surface area contributed by atoms with Gasteiger partial charge in [0, 0.05) is 11.1 Å². The zero-order chi connectivity index (χ0) is 29.1. The molecule has 11 heteroatoms. The second-order valence-corrected chi connectivity index (χ2v) is 9.97. The Bertz CT molecular complexity index is 1840. The van der Waals surface area contributed by atoms with Crippen LogP contribution >= 0.6 is 22.6 Å². The van der Waals surface area contributed by atoms with E-state index in [0.29, 0.717) is 31.7 Å². The molecule has 0 aliphatic carbocycles. The predicted octanol–water partition coefficient (Wildman–Crippen LogP) is 7.30. The van der Waals surface area contributed by atoms with Crippen molar-refractivity contribution in [3.63, 3.8) is 0 Å². The minimum absolute atomic E-state index is 0.0228. The van der Waals surface area contributed by atoms with Crippen LogP contribution in [-0.2, 0) is 12.8 Å². The van der Waals surface area contributed by atoms with Gasteiger partial charge in [0.2, 0.25) is 0 Å². The molecule has 1 heterocycles. The number of methoxy groups -OCH3 is 1. The molecular weight excluding hydrogens is 653 g/mol. The van der Waals surface area contributed by atoms with Gasteiger partial charge in [0.05, 0.1) is 33.4 Å². The molecule has 208 valence electrons. The van der Waals surface area contributed by atoms with Crippen molar-refractivity contribution in [2.45, 2.75) is 12.8 Å². The maximum absolute atomic E-state index is 14.0. The third-order valence-corrected chi connectivity index (χ3v) is 6.91. The lowest BCUT2D eigenvalue weighted by molar-refractivity contribution is -0.137. The fourth-order valence-corrected chi connectivity index (χ4v) is 4.88. The zero-order valence-corrected chi connectivity index (χ0v) is 23.5. The number of fused-ring (bicyclic) bond motifs is 1. The van der Waals surface area contributed by atoms with Gasteiger partial charge < -0.3 is 9.47 Å². The average Bonchev–Trinajstić information content (AvgIpc) is 2.96. The molecule has 0 unspecified atom stereocenters. The normalized spacial score (nSPS) is 11.8. The van der Waals surface area contributed by atoms with Gasteiger partial charge in [0.25, 0.3) is 5.56 Å². The number of para-hydroxylation sites is 1. The van der Waals surface area contributed by atoms with E-state index in [1.165, 1.54) is 31.5 Å². The van der Waals surface area contributed by atoms with Crippen LogP contribution in [0.5, 0.6) is 11.5 Å². The summed E-state index contributed by atoms with van der Waals surface area (Å²) in [5.74, 6) is 0.290. The standard InChI is InChI=1S/C30H20F4IN3O3/c1-40-26-14-18(13-24(35)27(26)41-17-20-7-2-4-11-23(20)31)16-36-38-28(19-8-6-9-21(15-19)30(32,33)34)37-25-12-5-3-10-22(25)29(38)39/h2-16H,17H2,1H3. The van der Waals surface area contributed by atoms with Gasteiger partial charge >= 0.3 is 6.18 Å². The van der Waals surface area contributed by atoms with Gasteiger partial charge in [-0.15, -0.1) is 0 Å². The van der Waals surface area contributed by atoms with Crippen molar-refractivity contribution in [2.75, 3.05) is 7.11 Å². The third kappa shape index (κ3) is 6.09. The predicted molar refractivity (Wildman–Crippen MR) is 156 cm³/mol. The number of aromatic nitrogens is 2. The largest absolute Gasteiger partial charge is 0.493 e. The fraction of sp³-hybridized carbons (Fsp3) is 0.100. The van der Waals surface area contributed by atoms with Crippen LogP contribution in [0, 0.1) is 9.39 Å². The SMILES string of the molecule is COc1cc(C=Nn2c(-c3cccc(C(F)(F)F)c3)nc3ccccc3c2=O)cc(I)c1OCc1ccccc1F. The molecule has 6 nitrogen and oxygen atoms in total. The van der Waals surface area contributed by atoms with Crippen LogP contribution in [0.3, 0.4) is 0 Å². The van der Waals surface area contributed by atoms with Crippen LogP contribution in [0.1, 0.15) is 16.7 Å². The Morgan fingerprint density at radius 2 is 1.76 bits per heavy atom. The Hall–Kier alpha value is -4.26. The number of halogens is 5. The molecule has 0 aliphatic rings. The lowest BCUT2D eigenvalue weighted by Gasteiger charge is -2.14. The summed E-state index contributed by atoms with van der Waals surface area (Å²) in [4.78, 5) is 17.9. The first-order chi connectivity index (χ1) is 19.7. The Morgan fingerprint density at radius 3 is 2.51 bits per heavy atom. The summed E-state index contributed by atoms with van der Waals surface area (Å²) in [6.07, 6.45) is -3.20. The van der Waals surface area contributed by atoms with Gasteiger partial charge in [-0.1, -0.05) is 42.5 Å². The van der Waals surface area contributed by atoms with Gasteiger partial charge in [-0.05, 0) is 70.6 Å². The van der Waals surface area contributed by atoms with Crippen LogP contribution in [0.4, 0.5) is 17.6 Å². The summed E-state index contributed by atoms with van der Waals surface area (Å²) in [6, 6.07) is 20.7. The minimum Gasteiger partial charge on any atom is -0.493 e. The van der Waals surface area contributed by atoms with Crippen molar-refractivity contribution in [1.29, 1.82) is 0 Å². The van der Waals surface area contributed by atoms with Gasteiger partial charge in [0.1, 0.15) is 12.4 Å². The molecule has 4 aromatic carbocycles. The number of rotatable bonds is 7. The first kappa shape index (κ1) is 28.3. The number of benzene rings is 4. The summed E-state index contributed by atoms with van der Waals surface area (Å²) >= 11 is 2.04. The fourth-order valence-electron chi connectivity index (χ4n) is 4.10. The minimum atomic E-state index is -4.58. The maximum Gasteiger partial charge on any atom is 0.416 e. The molecular formula is C30H20F4IN3O3. The molecule has 0 N–H and O–H groups in total. The average molecular weight is 673 g/mol. The molecule has 0 saturated carbocycles. The Morgan fingerprint density at radius 1 is 1.00 bits per heavy atom. The number of ether oxygens (including phenoxy) is 2. The van der Waals surface area contributed by atoms with E-state index in [0.717, 1.165) is 16.8 Å². The van der Waals surface area contributed by atoms with Crippen molar-refractivity contribution < 1.29 is 27.0 Å². The molecule has 5 rings (SSSR count). The number of hydrogen-bond donors (Lipinski definition) is 0. The molecule has 0 spiro atoms. The van der Waals surface area contributed by atoms with Gasteiger partial charge in [-0.3, -0.25) is 4.79 Å². The topological polar surface area (TPSA) is 65.7 Å². The van der Waals surface area contributed by atoms with E-state index in [2.05, 4.69) is 10.1 Å². The van der Waals surface area contributed by atoms with Crippen LogP contribution in [-0.4, -0.2) is 23.0 Å². The summed E-state index contributed by atoms with van der Waals surface area (Å²) < 4.78 is 67.3. The summed E-state index contributed by atoms with van der Waals surface area (Å²) in [7, 11) is 1.45. The van der Waals surface area contributed by atoms with E-state index in [1.54, 1.807) is 54.6 Å². The van der Waals surface area contributed by atoms with Crippen LogP contribution in [0.25, 0.3) is 22.3 Å². The highest BCUT2D eigenvalue weighted by Crippen LogP contribution is 2.35. The molecule has 0 radical (unpaired) electrons. The smallest absolute Gasteiger partial charge is 0.416 e. The lowest BCUT2D eigenvalue weighted by atomic mass is 10.1. The number of nitrogens with zero attached hydrogens (tertiary/aromatic N) is 3. The van der Waals surface area contributed by atoms with Gasteiger partial charge in [-0.2, -0.15) is 22.9 Å². The van der Waals surface area contributed by atoms with E-state index >= 15 is 0 Å². The van der Waals surface area contributed by atoms with Crippen LogP contribution < -0.4 is 15.0 Å². The van der Waals surface area contributed by atoms with E-state index < -0.39 is 23.1 Å². The van der Waals surface area contributed by atoms with E-state index in [4.69, 9.17) is 9.47 Å². The van der Waals surface area contributed by atoms with Crippen LogP contribution in [0.15, 0.2) is 94.8 Å². The number of hydrogen-bond acceptors (Lipinski definition) is 5. The zero-order valence-electron chi connectivity index (χ0n) is 21.3. The molecule has 0 atom stereocenters. The molecule has 0 bridgehead atoms. The van der Waals surface area contributed by atoms with Crippen LogP contribution in [0.2, 0.25) is 0 Å². The quantitative estimate of drug-likeness (QED) is 0.103. The van der Waals surface area contributed by atoms with Crippen molar-refractivity contribution in [1.82, 2.24) is 9.66 Å². The van der Waals surface area contributed by atoms with Crippen molar-refractivity contribution >= 4 is 39.7 Å². The molecule has 0 fully saturated rings. The Kier molecular flexibility index (Phi) is 8.06. The Labute approximate surface area is 245 Å². The van der Waals surface area contributed by atoms with Crippen molar-refractivity contribution in [3.8, 4) is 22.9 Å². The molecule has 0 saturated heterocycles. The summed E-state index contributed by atoms with van der Waals surface area (Å²) in [5.41, 5.74) is -0.141. The van der Waals surface area contributed by atoms with Crippen molar-refractivity contribution in [3.05, 3.63) is 121 Å². The molecule has 5 aromatic rings. The maximum atomic E-state index is 14.0. The first-order valence-electron chi connectivity index (χ1n) is 12.1.